The maximum Gasteiger partial charge on any atom is 0.316 e. The van der Waals surface area contributed by atoms with Gasteiger partial charge >= 0.3 is 6.01 Å². The van der Waals surface area contributed by atoms with Crippen molar-refractivity contribution < 1.29 is 13.9 Å². The third kappa shape index (κ3) is 3.58. The van der Waals surface area contributed by atoms with E-state index in [0.29, 0.717) is 23.9 Å². The van der Waals surface area contributed by atoms with E-state index >= 15 is 0 Å². The number of hydrogen-bond acceptors (Lipinski definition) is 5. The molecule has 0 aromatic carbocycles. The van der Waals surface area contributed by atoms with Gasteiger partial charge in [0.05, 0.1) is 12.1 Å². The Morgan fingerprint density at radius 1 is 1.38 bits per heavy atom. The van der Waals surface area contributed by atoms with Crippen molar-refractivity contribution in [3.63, 3.8) is 0 Å². The second-order valence-electron chi connectivity index (χ2n) is 6.19. The SMILES string of the molecule is CCc1cnc(OC2CCCN(C(=O)c3cc(C)oc3C)C2)nc1. The number of likely N-dealkylation sites (tertiary alicyclic amines) is 1. The zero-order chi connectivity index (χ0) is 17.1. The number of nitrogens with zero attached hydrogens (tertiary/aromatic N) is 3. The standard InChI is InChI=1S/C18H23N3O3/c1-4-14-9-19-18(20-10-14)24-15-6-5-7-21(11-15)17(22)16-8-12(2)23-13(16)3/h8-10,15H,4-7,11H2,1-3H3. The molecule has 2 aromatic heterocycles. The first kappa shape index (κ1) is 16.5. The lowest BCUT2D eigenvalue weighted by molar-refractivity contribution is 0.0514. The van der Waals surface area contributed by atoms with Gasteiger partial charge in [-0.25, -0.2) is 9.97 Å². The van der Waals surface area contributed by atoms with Crippen LogP contribution in [0, 0.1) is 13.8 Å². The van der Waals surface area contributed by atoms with Crippen LogP contribution in [0.5, 0.6) is 6.01 Å². The summed E-state index contributed by atoms with van der Waals surface area (Å²) in [6, 6.07) is 2.18. The number of piperidine rings is 1. The third-order valence-electron chi connectivity index (χ3n) is 4.30. The molecule has 1 fully saturated rings. The Kier molecular flexibility index (Phi) is 4.83. The Hall–Kier alpha value is -2.37. The Balaban J connectivity index is 1.65. The van der Waals surface area contributed by atoms with Gasteiger partial charge in [0.25, 0.3) is 5.91 Å². The second kappa shape index (κ2) is 7.03. The van der Waals surface area contributed by atoms with Crippen LogP contribution in [0.25, 0.3) is 0 Å². The van der Waals surface area contributed by atoms with E-state index in [1.54, 1.807) is 18.5 Å². The minimum absolute atomic E-state index is 0.0000933. The topological polar surface area (TPSA) is 68.5 Å². The summed E-state index contributed by atoms with van der Waals surface area (Å²) in [7, 11) is 0. The lowest BCUT2D eigenvalue weighted by Gasteiger charge is -2.32. The fraction of sp³-hybridized carbons (Fsp3) is 0.500. The molecule has 1 amide bonds. The Bertz CT molecular complexity index is 709. The number of carbonyl (C=O) groups excluding carboxylic acids is 1. The summed E-state index contributed by atoms with van der Waals surface area (Å²) in [4.78, 5) is 23.0. The normalized spacial score (nSPS) is 17.8. The lowest BCUT2D eigenvalue weighted by Crippen LogP contribution is -2.44. The van der Waals surface area contributed by atoms with Crippen molar-refractivity contribution in [2.24, 2.45) is 0 Å². The van der Waals surface area contributed by atoms with E-state index in [4.69, 9.17) is 9.15 Å². The number of rotatable bonds is 4. The van der Waals surface area contributed by atoms with Gasteiger partial charge in [-0.1, -0.05) is 6.92 Å². The van der Waals surface area contributed by atoms with Crippen LogP contribution in [-0.4, -0.2) is 40.0 Å². The van der Waals surface area contributed by atoms with Crippen molar-refractivity contribution in [2.45, 2.75) is 46.1 Å². The predicted molar refractivity (Wildman–Crippen MR) is 89.1 cm³/mol. The van der Waals surface area contributed by atoms with Crippen molar-refractivity contribution in [1.29, 1.82) is 0 Å². The van der Waals surface area contributed by atoms with Crippen LogP contribution < -0.4 is 4.74 Å². The van der Waals surface area contributed by atoms with E-state index < -0.39 is 0 Å². The van der Waals surface area contributed by atoms with E-state index in [2.05, 4.69) is 16.9 Å². The first-order valence-corrected chi connectivity index (χ1v) is 8.40. The molecule has 0 spiro atoms. The molecule has 0 bridgehead atoms. The molecule has 0 aliphatic carbocycles. The zero-order valence-electron chi connectivity index (χ0n) is 14.4. The third-order valence-corrected chi connectivity index (χ3v) is 4.30. The number of furan rings is 1. The molecule has 1 atom stereocenters. The monoisotopic (exact) mass is 329 g/mol. The van der Waals surface area contributed by atoms with E-state index in [1.165, 1.54) is 0 Å². The molecule has 0 saturated carbocycles. The average molecular weight is 329 g/mol. The lowest BCUT2D eigenvalue weighted by atomic mass is 10.1. The highest BCUT2D eigenvalue weighted by Crippen LogP contribution is 2.21. The van der Waals surface area contributed by atoms with Gasteiger partial charge in [0, 0.05) is 18.9 Å². The Labute approximate surface area is 141 Å². The molecule has 1 aliphatic heterocycles. The molecular weight excluding hydrogens is 306 g/mol. The molecule has 1 saturated heterocycles. The van der Waals surface area contributed by atoms with Crippen LogP contribution in [-0.2, 0) is 6.42 Å². The fourth-order valence-electron chi connectivity index (χ4n) is 2.97. The van der Waals surface area contributed by atoms with Crippen molar-refractivity contribution in [3.05, 3.63) is 41.1 Å². The molecule has 1 unspecified atom stereocenters. The Morgan fingerprint density at radius 3 is 2.75 bits per heavy atom. The highest BCUT2D eigenvalue weighted by Gasteiger charge is 2.28. The molecule has 128 valence electrons. The van der Waals surface area contributed by atoms with Gasteiger partial charge in [-0.2, -0.15) is 0 Å². The van der Waals surface area contributed by atoms with Crippen molar-refractivity contribution >= 4 is 5.91 Å². The van der Waals surface area contributed by atoms with Gasteiger partial charge in [-0.3, -0.25) is 4.79 Å². The van der Waals surface area contributed by atoms with Gasteiger partial charge in [-0.05, 0) is 44.7 Å². The molecule has 2 aromatic rings. The number of amides is 1. The highest BCUT2D eigenvalue weighted by atomic mass is 16.5. The smallest absolute Gasteiger partial charge is 0.316 e. The van der Waals surface area contributed by atoms with Crippen LogP contribution in [0.15, 0.2) is 22.9 Å². The number of carbonyl (C=O) groups is 1. The molecule has 6 heteroatoms. The van der Waals surface area contributed by atoms with E-state index in [9.17, 15) is 4.79 Å². The summed E-state index contributed by atoms with van der Waals surface area (Å²) >= 11 is 0. The van der Waals surface area contributed by atoms with Crippen LogP contribution in [0.4, 0.5) is 0 Å². The molecule has 3 rings (SSSR count). The molecule has 6 nitrogen and oxygen atoms in total. The number of aryl methyl sites for hydroxylation is 3. The predicted octanol–water partition coefficient (Wildman–Crippen LogP) is 2.93. The number of ether oxygens (including phenoxy) is 1. The average Bonchev–Trinajstić information content (AvgIpc) is 2.93. The molecular formula is C18H23N3O3. The number of hydrogen-bond donors (Lipinski definition) is 0. The van der Waals surface area contributed by atoms with Crippen molar-refractivity contribution in [1.82, 2.24) is 14.9 Å². The molecule has 0 radical (unpaired) electrons. The van der Waals surface area contributed by atoms with Crippen molar-refractivity contribution in [2.75, 3.05) is 13.1 Å². The zero-order valence-corrected chi connectivity index (χ0v) is 14.4. The molecule has 1 aliphatic rings. The molecule has 3 heterocycles. The summed E-state index contributed by atoms with van der Waals surface area (Å²) in [5.74, 6) is 1.42. The maximum absolute atomic E-state index is 12.7. The summed E-state index contributed by atoms with van der Waals surface area (Å²) < 4.78 is 11.3. The van der Waals surface area contributed by atoms with Crippen LogP contribution >= 0.6 is 0 Å². The van der Waals surface area contributed by atoms with Crippen LogP contribution in [0.1, 0.15) is 47.2 Å². The molecule has 24 heavy (non-hydrogen) atoms. The summed E-state index contributed by atoms with van der Waals surface area (Å²) in [6.07, 6.45) is 6.18. The first-order valence-electron chi connectivity index (χ1n) is 8.40. The summed E-state index contributed by atoms with van der Waals surface area (Å²) in [5.41, 5.74) is 1.71. The maximum atomic E-state index is 12.7. The van der Waals surface area contributed by atoms with Gasteiger partial charge in [0.2, 0.25) is 0 Å². The Morgan fingerprint density at radius 2 is 2.12 bits per heavy atom. The summed E-state index contributed by atoms with van der Waals surface area (Å²) in [6.45, 7) is 7.01. The largest absolute Gasteiger partial charge is 0.466 e. The minimum atomic E-state index is -0.0801. The van der Waals surface area contributed by atoms with E-state index in [0.717, 1.165) is 37.1 Å². The minimum Gasteiger partial charge on any atom is -0.466 e. The van der Waals surface area contributed by atoms with Crippen LogP contribution in [0.2, 0.25) is 0 Å². The van der Waals surface area contributed by atoms with Crippen molar-refractivity contribution in [3.8, 4) is 6.01 Å². The quantitative estimate of drug-likeness (QED) is 0.862. The fourth-order valence-corrected chi connectivity index (χ4v) is 2.97. The van der Waals surface area contributed by atoms with E-state index in [1.807, 2.05) is 18.7 Å². The van der Waals surface area contributed by atoms with Gasteiger partial charge in [0.15, 0.2) is 0 Å². The number of aromatic nitrogens is 2. The van der Waals surface area contributed by atoms with Gasteiger partial charge in [-0.15, -0.1) is 0 Å². The van der Waals surface area contributed by atoms with Gasteiger partial charge < -0.3 is 14.1 Å². The van der Waals surface area contributed by atoms with E-state index in [-0.39, 0.29) is 12.0 Å². The first-order chi connectivity index (χ1) is 11.6. The van der Waals surface area contributed by atoms with Crippen LogP contribution in [0.3, 0.4) is 0 Å². The molecule has 0 N–H and O–H groups in total. The summed E-state index contributed by atoms with van der Waals surface area (Å²) in [5, 5.41) is 0. The second-order valence-corrected chi connectivity index (χ2v) is 6.19. The van der Waals surface area contributed by atoms with Gasteiger partial charge in [0.1, 0.15) is 17.6 Å². The highest BCUT2D eigenvalue weighted by molar-refractivity contribution is 5.95.